The first-order chi connectivity index (χ1) is 16.5. The van der Waals surface area contributed by atoms with Gasteiger partial charge in [-0.15, -0.1) is 11.3 Å². The molecular weight excluding hydrogens is 448 g/mol. The topological polar surface area (TPSA) is 80.5 Å². The Morgan fingerprint density at radius 1 is 1.12 bits per heavy atom. The molecule has 7 nitrogen and oxygen atoms in total. The van der Waals surface area contributed by atoms with E-state index in [1.807, 2.05) is 86.8 Å². The number of hydrogen-bond donors (Lipinski definition) is 1. The molecule has 1 aliphatic heterocycles. The van der Waals surface area contributed by atoms with Crippen LogP contribution in [-0.2, 0) is 0 Å². The van der Waals surface area contributed by atoms with E-state index in [1.54, 1.807) is 16.2 Å². The molecule has 8 heteroatoms. The Labute approximate surface area is 201 Å². The Bertz CT molecular complexity index is 1340. The predicted octanol–water partition coefficient (Wildman–Crippen LogP) is 6.21. The fourth-order valence-electron chi connectivity index (χ4n) is 4.11. The van der Waals surface area contributed by atoms with Crippen LogP contribution in [0.15, 0.2) is 76.3 Å². The maximum absolute atomic E-state index is 13.3. The van der Waals surface area contributed by atoms with Crippen LogP contribution in [0.1, 0.15) is 36.9 Å². The Morgan fingerprint density at radius 2 is 1.94 bits per heavy atom. The van der Waals surface area contributed by atoms with Gasteiger partial charge in [0.25, 0.3) is 5.89 Å². The third kappa shape index (κ3) is 4.08. The van der Waals surface area contributed by atoms with Crippen molar-refractivity contribution < 1.29 is 14.1 Å². The molecule has 0 spiro atoms. The lowest BCUT2D eigenvalue weighted by molar-refractivity contribution is 0.244. The number of nitrogens with zero attached hydrogens (tertiary/aromatic N) is 3. The number of carbonyl (C=O) groups excluding carboxylic acids is 1. The van der Waals surface area contributed by atoms with Crippen molar-refractivity contribution in [2.24, 2.45) is 0 Å². The average molecular weight is 473 g/mol. The average Bonchev–Trinajstić information content (AvgIpc) is 3.52. The molecule has 0 bridgehead atoms. The molecule has 2 aromatic heterocycles. The van der Waals surface area contributed by atoms with Crippen LogP contribution >= 0.6 is 11.3 Å². The molecule has 1 unspecified atom stereocenters. The maximum Gasteiger partial charge on any atom is 0.326 e. The van der Waals surface area contributed by atoms with Gasteiger partial charge in [-0.05, 0) is 67.6 Å². The summed E-state index contributed by atoms with van der Waals surface area (Å²) in [6.07, 6.45) is 0. The van der Waals surface area contributed by atoms with Crippen LogP contribution in [0, 0.1) is 6.92 Å². The number of ether oxygens (including phenoxy) is 1. The summed E-state index contributed by atoms with van der Waals surface area (Å²) in [6.45, 7) is 6.44. The van der Waals surface area contributed by atoms with E-state index in [2.05, 4.69) is 10.5 Å². The smallest absolute Gasteiger partial charge is 0.326 e. The number of aromatic nitrogens is 2. The van der Waals surface area contributed by atoms with Gasteiger partial charge in [0, 0.05) is 5.70 Å². The molecule has 0 aliphatic carbocycles. The Kier molecular flexibility index (Phi) is 5.90. The highest BCUT2D eigenvalue weighted by atomic mass is 32.1. The number of carbonyl (C=O) groups is 1. The van der Waals surface area contributed by atoms with Gasteiger partial charge >= 0.3 is 6.03 Å². The van der Waals surface area contributed by atoms with Crippen molar-refractivity contribution in [1.82, 2.24) is 15.5 Å². The van der Waals surface area contributed by atoms with E-state index in [9.17, 15) is 4.79 Å². The van der Waals surface area contributed by atoms with E-state index in [-0.39, 0.29) is 6.03 Å². The SMILES string of the molecule is CCOc1ccc(C2NC(=O)N(c3cccc(C)c3)C(C)=C2c2nc(-c3cccs3)no2)cc1. The first-order valence-corrected chi connectivity index (χ1v) is 11.9. The third-order valence-corrected chi connectivity index (χ3v) is 6.53. The van der Waals surface area contributed by atoms with Gasteiger partial charge in [0.05, 0.1) is 28.8 Å². The van der Waals surface area contributed by atoms with Gasteiger partial charge in [-0.3, -0.25) is 4.90 Å². The minimum absolute atomic E-state index is 0.219. The summed E-state index contributed by atoms with van der Waals surface area (Å²) in [4.78, 5) is 20.6. The second-order valence-corrected chi connectivity index (χ2v) is 8.91. The Hall–Kier alpha value is -3.91. The van der Waals surface area contributed by atoms with E-state index < -0.39 is 6.04 Å². The minimum atomic E-state index is -0.458. The molecule has 34 heavy (non-hydrogen) atoms. The van der Waals surface area contributed by atoms with Crippen LogP contribution < -0.4 is 15.0 Å². The number of rotatable bonds is 6. The fourth-order valence-corrected chi connectivity index (χ4v) is 4.76. The first-order valence-electron chi connectivity index (χ1n) is 11.0. The second-order valence-electron chi connectivity index (χ2n) is 7.96. The number of amides is 2. The summed E-state index contributed by atoms with van der Waals surface area (Å²) in [5.74, 6) is 1.67. The number of anilines is 1. The molecule has 2 amide bonds. The van der Waals surface area contributed by atoms with Crippen LogP contribution in [-0.4, -0.2) is 22.8 Å². The van der Waals surface area contributed by atoms with Gasteiger partial charge in [-0.2, -0.15) is 4.98 Å². The van der Waals surface area contributed by atoms with Crippen LogP contribution in [0.3, 0.4) is 0 Å². The maximum atomic E-state index is 13.3. The highest BCUT2D eigenvalue weighted by Gasteiger charge is 2.36. The Morgan fingerprint density at radius 3 is 2.65 bits per heavy atom. The largest absolute Gasteiger partial charge is 0.494 e. The van der Waals surface area contributed by atoms with Crippen LogP contribution in [0.5, 0.6) is 5.75 Å². The minimum Gasteiger partial charge on any atom is -0.494 e. The summed E-state index contributed by atoms with van der Waals surface area (Å²) >= 11 is 1.54. The second kappa shape index (κ2) is 9.15. The zero-order chi connectivity index (χ0) is 23.7. The predicted molar refractivity (Wildman–Crippen MR) is 133 cm³/mol. The van der Waals surface area contributed by atoms with E-state index in [0.717, 1.165) is 38.7 Å². The summed E-state index contributed by atoms with van der Waals surface area (Å²) in [7, 11) is 0. The molecule has 0 saturated heterocycles. The van der Waals surface area contributed by atoms with E-state index in [0.29, 0.717) is 18.3 Å². The van der Waals surface area contributed by atoms with Crippen LogP contribution in [0.4, 0.5) is 10.5 Å². The number of urea groups is 1. The van der Waals surface area contributed by atoms with Crippen molar-refractivity contribution in [2.75, 3.05) is 11.5 Å². The molecule has 5 rings (SSSR count). The lowest BCUT2D eigenvalue weighted by atomic mass is 9.94. The van der Waals surface area contributed by atoms with Crippen molar-refractivity contribution in [3.8, 4) is 16.5 Å². The highest BCUT2D eigenvalue weighted by molar-refractivity contribution is 7.13. The molecule has 1 aliphatic rings. The van der Waals surface area contributed by atoms with Crippen LogP contribution in [0.2, 0.25) is 0 Å². The van der Waals surface area contributed by atoms with Crippen molar-refractivity contribution >= 4 is 28.6 Å². The molecule has 2 aromatic carbocycles. The van der Waals surface area contributed by atoms with Gasteiger partial charge in [0.15, 0.2) is 0 Å². The van der Waals surface area contributed by atoms with Crippen LogP contribution in [0.25, 0.3) is 16.3 Å². The van der Waals surface area contributed by atoms with Crippen molar-refractivity contribution in [1.29, 1.82) is 0 Å². The molecule has 0 saturated carbocycles. The van der Waals surface area contributed by atoms with E-state index in [1.165, 1.54) is 0 Å². The number of allylic oxidation sites excluding steroid dienone is 1. The zero-order valence-electron chi connectivity index (χ0n) is 19.1. The Balaban J connectivity index is 1.63. The molecule has 4 aromatic rings. The number of benzene rings is 2. The number of aryl methyl sites for hydroxylation is 1. The van der Waals surface area contributed by atoms with Gasteiger partial charge < -0.3 is 14.6 Å². The summed E-state index contributed by atoms with van der Waals surface area (Å²) in [5, 5.41) is 9.31. The van der Waals surface area contributed by atoms with E-state index >= 15 is 0 Å². The normalized spacial score (nSPS) is 16.0. The lowest BCUT2D eigenvalue weighted by Crippen LogP contribution is -2.46. The van der Waals surface area contributed by atoms with E-state index in [4.69, 9.17) is 14.2 Å². The van der Waals surface area contributed by atoms with Gasteiger partial charge in [-0.1, -0.05) is 35.5 Å². The summed E-state index contributed by atoms with van der Waals surface area (Å²) in [6, 6.07) is 18.7. The number of hydrogen-bond acceptors (Lipinski definition) is 6. The molecule has 0 fully saturated rings. The monoisotopic (exact) mass is 472 g/mol. The summed E-state index contributed by atoms with van der Waals surface area (Å²) in [5.41, 5.74) is 4.21. The third-order valence-electron chi connectivity index (χ3n) is 5.67. The first kappa shape index (κ1) is 21.9. The lowest BCUT2D eigenvalue weighted by Gasteiger charge is -2.35. The zero-order valence-corrected chi connectivity index (χ0v) is 19.9. The fraction of sp³-hybridized carbons (Fsp3) is 0.192. The van der Waals surface area contributed by atoms with Gasteiger partial charge in [-0.25, -0.2) is 4.79 Å². The highest BCUT2D eigenvalue weighted by Crippen LogP contribution is 2.39. The van der Waals surface area contributed by atoms with Crippen molar-refractivity contribution in [3.63, 3.8) is 0 Å². The van der Waals surface area contributed by atoms with Crippen molar-refractivity contribution in [2.45, 2.75) is 26.8 Å². The molecule has 1 atom stereocenters. The quantitative estimate of drug-likeness (QED) is 0.361. The molecule has 3 heterocycles. The van der Waals surface area contributed by atoms with Crippen molar-refractivity contribution in [3.05, 3.63) is 88.8 Å². The standard InChI is InChI=1S/C26H24N4O3S/c1-4-32-20-12-10-18(11-13-20)23-22(25-28-24(29-33-25)21-9-6-14-34-21)17(3)30(26(31)27-23)19-8-5-7-16(2)15-19/h5-15,23H,4H2,1-3H3,(H,27,31). The molecule has 172 valence electrons. The molecule has 0 radical (unpaired) electrons. The number of thiophene rings is 1. The molecule has 1 N–H and O–H groups in total. The number of nitrogens with one attached hydrogen (secondary N) is 1. The van der Waals surface area contributed by atoms with Gasteiger partial charge in [0.2, 0.25) is 5.82 Å². The molecular formula is C26H24N4O3S. The van der Waals surface area contributed by atoms with Gasteiger partial charge in [0.1, 0.15) is 5.75 Å². The summed E-state index contributed by atoms with van der Waals surface area (Å²) < 4.78 is 11.3.